The Hall–Kier alpha value is -0.790. The quantitative estimate of drug-likeness (QED) is 0.722. The lowest BCUT2D eigenvalue weighted by atomic mass is 9.98. The maximum atomic E-state index is 4.67. The summed E-state index contributed by atoms with van der Waals surface area (Å²) in [5.74, 6) is 0. The molecule has 0 radical (unpaired) electrons. The van der Waals surface area contributed by atoms with Crippen molar-refractivity contribution in [1.29, 1.82) is 0 Å². The third-order valence-corrected chi connectivity index (χ3v) is 4.08. The molecule has 0 unspecified atom stereocenters. The summed E-state index contributed by atoms with van der Waals surface area (Å²) in [5.41, 5.74) is 6.18. The van der Waals surface area contributed by atoms with Crippen LogP contribution in [-0.2, 0) is 0 Å². The first-order valence-electron chi connectivity index (χ1n) is 7.95. The number of hydrazone groups is 1. The first-order valence-corrected chi connectivity index (χ1v) is 7.95. The van der Waals surface area contributed by atoms with Gasteiger partial charge in [0.05, 0.1) is 5.71 Å². The predicted molar refractivity (Wildman–Crippen MR) is 78.9 cm³/mol. The van der Waals surface area contributed by atoms with Gasteiger partial charge >= 0.3 is 0 Å². The number of allylic oxidation sites excluding steroid dienone is 2. The van der Waals surface area contributed by atoms with Crippen molar-refractivity contribution >= 4 is 5.71 Å². The topological polar surface area (TPSA) is 24.4 Å². The number of hydrogen-bond donors (Lipinski definition) is 1. The molecule has 0 aromatic rings. The third kappa shape index (κ3) is 4.83. The molecule has 1 aliphatic heterocycles. The Bertz CT molecular complexity index is 261. The van der Waals surface area contributed by atoms with Crippen molar-refractivity contribution in [2.75, 3.05) is 6.54 Å². The zero-order valence-electron chi connectivity index (χ0n) is 11.7. The van der Waals surface area contributed by atoms with Crippen molar-refractivity contribution in [1.82, 2.24) is 5.43 Å². The standard InChI is InChI=1S/C16H28N2/c1-2-4-8-12-15(11-7-3-1)16-13-9-5-6-10-14-17-18-16/h11,17H,1-10,12-14H2/b15-11+,18-16+. The van der Waals surface area contributed by atoms with Crippen molar-refractivity contribution in [3.05, 3.63) is 11.6 Å². The molecule has 1 heterocycles. The van der Waals surface area contributed by atoms with Crippen LogP contribution < -0.4 is 5.43 Å². The van der Waals surface area contributed by atoms with Gasteiger partial charge in [0.15, 0.2) is 0 Å². The van der Waals surface area contributed by atoms with Crippen LogP contribution in [0.3, 0.4) is 0 Å². The molecule has 2 rings (SSSR count). The average molecular weight is 248 g/mol. The summed E-state index contributed by atoms with van der Waals surface area (Å²) in [4.78, 5) is 0. The smallest absolute Gasteiger partial charge is 0.0631 e. The van der Waals surface area contributed by atoms with Crippen molar-refractivity contribution < 1.29 is 0 Å². The van der Waals surface area contributed by atoms with E-state index in [9.17, 15) is 0 Å². The minimum Gasteiger partial charge on any atom is -0.310 e. The monoisotopic (exact) mass is 248 g/mol. The van der Waals surface area contributed by atoms with Gasteiger partial charge in [0, 0.05) is 6.54 Å². The van der Waals surface area contributed by atoms with Crippen LogP contribution in [0.2, 0.25) is 0 Å². The molecular weight excluding hydrogens is 220 g/mol. The highest BCUT2D eigenvalue weighted by atomic mass is 15.3. The van der Waals surface area contributed by atoms with Crippen LogP contribution in [0.1, 0.15) is 77.0 Å². The van der Waals surface area contributed by atoms with Crippen molar-refractivity contribution in [3.63, 3.8) is 0 Å². The fourth-order valence-electron chi connectivity index (χ4n) is 2.92. The molecule has 0 aromatic carbocycles. The molecule has 1 N–H and O–H groups in total. The van der Waals surface area contributed by atoms with Gasteiger partial charge in [-0.1, -0.05) is 38.2 Å². The second kappa shape index (κ2) is 8.34. The highest BCUT2D eigenvalue weighted by molar-refractivity contribution is 5.99. The summed E-state index contributed by atoms with van der Waals surface area (Å²) in [6, 6.07) is 0. The average Bonchev–Trinajstić information content (AvgIpc) is 2.61. The molecule has 1 aliphatic carbocycles. The molecule has 0 bridgehead atoms. The van der Waals surface area contributed by atoms with Crippen LogP contribution in [0.5, 0.6) is 0 Å². The Morgan fingerprint density at radius 1 is 0.778 bits per heavy atom. The van der Waals surface area contributed by atoms with Crippen molar-refractivity contribution in [3.8, 4) is 0 Å². The number of nitrogens with zero attached hydrogens (tertiary/aromatic N) is 1. The van der Waals surface area contributed by atoms with E-state index in [1.165, 1.54) is 82.8 Å². The predicted octanol–water partition coefficient (Wildman–Crippen LogP) is 4.57. The lowest BCUT2D eigenvalue weighted by Crippen LogP contribution is -2.12. The van der Waals surface area contributed by atoms with Gasteiger partial charge in [-0.15, -0.1) is 0 Å². The van der Waals surface area contributed by atoms with E-state index < -0.39 is 0 Å². The van der Waals surface area contributed by atoms with E-state index in [2.05, 4.69) is 16.6 Å². The molecule has 0 atom stereocenters. The fourth-order valence-corrected chi connectivity index (χ4v) is 2.92. The van der Waals surface area contributed by atoms with E-state index in [0.29, 0.717) is 0 Å². The molecule has 0 aromatic heterocycles. The molecule has 0 amide bonds. The summed E-state index contributed by atoms with van der Waals surface area (Å²) in [7, 11) is 0. The van der Waals surface area contributed by atoms with Crippen LogP contribution in [0.4, 0.5) is 0 Å². The SMILES string of the molecule is C1=C(/C2=N/NCCCCCC2)CCCCCCC/1. The van der Waals surface area contributed by atoms with Crippen molar-refractivity contribution in [2.45, 2.75) is 77.0 Å². The van der Waals surface area contributed by atoms with Gasteiger partial charge in [-0.3, -0.25) is 0 Å². The Morgan fingerprint density at radius 2 is 1.50 bits per heavy atom. The first kappa shape index (κ1) is 13.6. The Kier molecular flexibility index (Phi) is 6.32. The number of nitrogens with one attached hydrogen (secondary N) is 1. The molecule has 0 fully saturated rings. The maximum absolute atomic E-state index is 4.67. The highest BCUT2D eigenvalue weighted by Crippen LogP contribution is 2.20. The largest absolute Gasteiger partial charge is 0.310 e. The minimum absolute atomic E-state index is 1.05. The lowest BCUT2D eigenvalue weighted by Gasteiger charge is -2.10. The van der Waals surface area contributed by atoms with Crippen LogP contribution in [-0.4, -0.2) is 12.3 Å². The van der Waals surface area contributed by atoms with Crippen LogP contribution in [0, 0.1) is 0 Å². The van der Waals surface area contributed by atoms with Crippen LogP contribution in [0.15, 0.2) is 16.8 Å². The zero-order valence-corrected chi connectivity index (χ0v) is 11.7. The summed E-state index contributed by atoms with van der Waals surface area (Å²) in [5, 5.41) is 4.67. The van der Waals surface area contributed by atoms with E-state index in [1.54, 1.807) is 5.57 Å². The minimum atomic E-state index is 1.05. The van der Waals surface area contributed by atoms with E-state index in [0.717, 1.165) is 6.54 Å². The Labute approximate surface area is 112 Å². The molecule has 0 spiro atoms. The van der Waals surface area contributed by atoms with E-state index in [4.69, 9.17) is 0 Å². The van der Waals surface area contributed by atoms with E-state index >= 15 is 0 Å². The van der Waals surface area contributed by atoms with Gasteiger partial charge in [0.2, 0.25) is 0 Å². The first-order chi connectivity index (χ1) is 8.97. The summed E-state index contributed by atoms with van der Waals surface area (Å²) in [6.45, 7) is 1.05. The van der Waals surface area contributed by atoms with Gasteiger partial charge in [0.25, 0.3) is 0 Å². The normalized spacial score (nSPS) is 29.8. The third-order valence-electron chi connectivity index (χ3n) is 4.08. The molecule has 2 heteroatoms. The second-order valence-electron chi connectivity index (χ2n) is 5.67. The Morgan fingerprint density at radius 3 is 2.44 bits per heavy atom. The van der Waals surface area contributed by atoms with Gasteiger partial charge in [-0.05, 0) is 50.5 Å². The molecule has 2 aliphatic rings. The maximum Gasteiger partial charge on any atom is 0.0631 e. The van der Waals surface area contributed by atoms with Crippen LogP contribution >= 0.6 is 0 Å². The van der Waals surface area contributed by atoms with E-state index in [-0.39, 0.29) is 0 Å². The molecular formula is C16H28N2. The van der Waals surface area contributed by atoms with Gasteiger partial charge in [0.1, 0.15) is 0 Å². The summed E-state index contributed by atoms with van der Waals surface area (Å²) >= 11 is 0. The highest BCUT2D eigenvalue weighted by Gasteiger charge is 2.10. The number of rotatable bonds is 1. The van der Waals surface area contributed by atoms with Crippen molar-refractivity contribution in [2.24, 2.45) is 5.10 Å². The molecule has 0 saturated carbocycles. The van der Waals surface area contributed by atoms with Gasteiger partial charge in [-0.25, -0.2) is 0 Å². The summed E-state index contributed by atoms with van der Waals surface area (Å²) < 4.78 is 0. The lowest BCUT2D eigenvalue weighted by molar-refractivity contribution is 0.623. The molecule has 102 valence electrons. The summed E-state index contributed by atoms with van der Waals surface area (Å²) in [6.07, 6.45) is 18.4. The van der Waals surface area contributed by atoms with Gasteiger partial charge < -0.3 is 5.43 Å². The molecule has 0 saturated heterocycles. The second-order valence-corrected chi connectivity index (χ2v) is 5.67. The number of hydrogen-bond acceptors (Lipinski definition) is 2. The Balaban J connectivity index is 1.99. The molecule has 18 heavy (non-hydrogen) atoms. The zero-order chi connectivity index (χ0) is 12.5. The van der Waals surface area contributed by atoms with Gasteiger partial charge in [-0.2, -0.15) is 5.10 Å². The van der Waals surface area contributed by atoms with Crippen LogP contribution in [0.25, 0.3) is 0 Å². The van der Waals surface area contributed by atoms with E-state index in [1.807, 2.05) is 0 Å². The molecule has 2 nitrogen and oxygen atoms in total. The fraction of sp³-hybridized carbons (Fsp3) is 0.812.